The zero-order chi connectivity index (χ0) is 28.9. The van der Waals surface area contributed by atoms with E-state index in [1.165, 1.54) is 6.07 Å². The maximum absolute atomic E-state index is 14.7. The van der Waals surface area contributed by atoms with E-state index < -0.39 is 11.7 Å². The van der Waals surface area contributed by atoms with Crippen molar-refractivity contribution in [1.29, 1.82) is 0 Å². The molecule has 0 bridgehead atoms. The van der Waals surface area contributed by atoms with Crippen LogP contribution in [0.15, 0.2) is 30.3 Å². The van der Waals surface area contributed by atoms with Crippen molar-refractivity contribution in [3.05, 3.63) is 62.9 Å². The minimum atomic E-state index is -0.548. The second kappa shape index (κ2) is 17.3. The number of ether oxygens (including phenoxy) is 2. The van der Waals surface area contributed by atoms with E-state index in [0.717, 1.165) is 61.8 Å². The molecular formula is C30H43Cl2FN2O3S. The molecule has 1 saturated heterocycles. The number of likely N-dealkylation sites (tertiary alicyclic amines) is 1. The first-order valence-electron chi connectivity index (χ1n) is 13.9. The molecule has 1 heterocycles. The molecule has 0 aromatic heterocycles. The van der Waals surface area contributed by atoms with E-state index >= 15 is 0 Å². The van der Waals surface area contributed by atoms with Crippen molar-refractivity contribution in [2.45, 2.75) is 65.3 Å². The summed E-state index contributed by atoms with van der Waals surface area (Å²) in [6.45, 7) is 10.8. The van der Waals surface area contributed by atoms with Gasteiger partial charge in [-0.15, -0.1) is 0 Å². The quantitative estimate of drug-likeness (QED) is 0.277. The van der Waals surface area contributed by atoms with Crippen LogP contribution in [-0.2, 0) is 4.74 Å². The summed E-state index contributed by atoms with van der Waals surface area (Å²) in [5.41, 5.74) is 2.03. The summed E-state index contributed by atoms with van der Waals surface area (Å²) in [6.07, 6.45) is 5.74. The van der Waals surface area contributed by atoms with Gasteiger partial charge in [0.15, 0.2) is 0 Å². The van der Waals surface area contributed by atoms with Gasteiger partial charge >= 0.3 is 0 Å². The maximum Gasteiger partial charge on any atom is 0.264 e. The van der Waals surface area contributed by atoms with Crippen molar-refractivity contribution >= 4 is 41.1 Å². The summed E-state index contributed by atoms with van der Waals surface area (Å²) < 4.78 is 29.0. The van der Waals surface area contributed by atoms with Crippen molar-refractivity contribution in [2.24, 2.45) is 5.92 Å². The molecule has 2 fully saturated rings. The standard InChI is InChI=1S/C26H31Cl2FN2O3S.2C2H6/c1-33-15-24(19-6-5-18(27)11-22(19)28)31-9-7-16(8-10-31)14-34-25-13-23(29)21(26(32)30-35-2)12-20(25)17-3-4-17;2*1-2/h5-6,11-13,16-17,24H,3-4,7-10,14-15H2,1-2H3,(H,30,32);2*1-2H3. The van der Waals surface area contributed by atoms with Crippen LogP contribution < -0.4 is 9.46 Å². The number of halogens is 3. The second-order valence-electron chi connectivity index (χ2n) is 9.21. The Labute approximate surface area is 248 Å². The Balaban J connectivity index is 0.00000127. The lowest BCUT2D eigenvalue weighted by Gasteiger charge is -2.37. The maximum atomic E-state index is 14.7. The molecule has 1 unspecified atom stereocenters. The summed E-state index contributed by atoms with van der Waals surface area (Å²) in [6, 6.07) is 8.71. The molecule has 1 atom stereocenters. The molecule has 9 heteroatoms. The van der Waals surface area contributed by atoms with E-state index in [1.807, 2.05) is 39.8 Å². The van der Waals surface area contributed by atoms with Gasteiger partial charge in [0.25, 0.3) is 5.91 Å². The summed E-state index contributed by atoms with van der Waals surface area (Å²) >= 11 is 13.7. The van der Waals surface area contributed by atoms with Crippen LogP contribution in [0.25, 0.3) is 0 Å². The molecule has 1 N–H and O–H groups in total. The van der Waals surface area contributed by atoms with E-state index in [0.29, 0.717) is 40.8 Å². The Morgan fingerprint density at radius 1 is 1.10 bits per heavy atom. The lowest BCUT2D eigenvalue weighted by atomic mass is 9.95. The number of amides is 1. The number of nitrogens with one attached hydrogen (secondary N) is 1. The Hall–Kier alpha value is -1.51. The van der Waals surface area contributed by atoms with E-state index in [2.05, 4.69) is 9.62 Å². The van der Waals surface area contributed by atoms with E-state index in [9.17, 15) is 9.18 Å². The number of benzene rings is 2. The fourth-order valence-electron chi connectivity index (χ4n) is 4.69. The Morgan fingerprint density at radius 2 is 1.77 bits per heavy atom. The number of nitrogens with zero attached hydrogens (tertiary/aromatic N) is 1. The van der Waals surface area contributed by atoms with Crippen LogP contribution in [0, 0.1) is 11.7 Å². The lowest BCUT2D eigenvalue weighted by Crippen LogP contribution is -2.39. The van der Waals surface area contributed by atoms with E-state index in [1.54, 1.807) is 25.5 Å². The normalized spacial score (nSPS) is 16.3. The Kier molecular flexibility index (Phi) is 15.0. The molecule has 0 radical (unpaired) electrons. The van der Waals surface area contributed by atoms with Gasteiger partial charge in [0, 0.05) is 29.5 Å². The molecule has 2 aromatic carbocycles. The number of carbonyl (C=O) groups is 1. The molecule has 4 rings (SSSR count). The van der Waals surface area contributed by atoms with Crippen molar-refractivity contribution in [3.8, 4) is 5.75 Å². The average Bonchev–Trinajstić information content (AvgIpc) is 3.79. The highest BCUT2D eigenvalue weighted by Crippen LogP contribution is 2.45. The summed E-state index contributed by atoms with van der Waals surface area (Å²) in [4.78, 5) is 14.6. The third-order valence-electron chi connectivity index (χ3n) is 6.77. The minimum absolute atomic E-state index is 0.0576. The van der Waals surface area contributed by atoms with Crippen molar-refractivity contribution < 1.29 is 18.7 Å². The molecule has 0 spiro atoms. The van der Waals surface area contributed by atoms with Crippen LogP contribution in [0.5, 0.6) is 5.75 Å². The fourth-order valence-corrected chi connectivity index (χ4v) is 5.52. The van der Waals surface area contributed by atoms with Gasteiger partial charge in [-0.3, -0.25) is 14.4 Å². The fraction of sp³-hybridized carbons (Fsp3) is 0.567. The molecule has 2 aromatic rings. The Morgan fingerprint density at radius 3 is 2.33 bits per heavy atom. The molecule has 218 valence electrons. The number of methoxy groups -OCH3 is 1. The van der Waals surface area contributed by atoms with Gasteiger partial charge < -0.3 is 9.47 Å². The van der Waals surface area contributed by atoms with E-state index in [4.69, 9.17) is 32.7 Å². The number of hydrogen-bond donors (Lipinski definition) is 1. The molecule has 1 amide bonds. The highest BCUT2D eigenvalue weighted by Gasteiger charge is 2.31. The molecule has 2 aliphatic rings. The number of piperidine rings is 1. The predicted octanol–water partition coefficient (Wildman–Crippen LogP) is 8.55. The van der Waals surface area contributed by atoms with Crippen LogP contribution in [0.2, 0.25) is 10.0 Å². The van der Waals surface area contributed by atoms with Gasteiger partial charge in [0.05, 0.1) is 24.8 Å². The highest BCUT2D eigenvalue weighted by atomic mass is 35.5. The molecule has 1 aliphatic heterocycles. The van der Waals surface area contributed by atoms with Gasteiger partial charge in [-0.05, 0) is 79.9 Å². The smallest absolute Gasteiger partial charge is 0.264 e. The molecule has 1 aliphatic carbocycles. The first kappa shape index (κ1) is 33.7. The van der Waals surface area contributed by atoms with Crippen LogP contribution in [0.3, 0.4) is 0 Å². The van der Waals surface area contributed by atoms with Gasteiger partial charge in [-0.1, -0.05) is 68.9 Å². The van der Waals surface area contributed by atoms with E-state index in [-0.39, 0.29) is 11.6 Å². The zero-order valence-electron chi connectivity index (χ0n) is 24.0. The summed E-state index contributed by atoms with van der Waals surface area (Å²) in [7, 11) is 1.70. The van der Waals surface area contributed by atoms with Crippen molar-refractivity contribution in [2.75, 3.05) is 39.7 Å². The summed E-state index contributed by atoms with van der Waals surface area (Å²) in [5, 5.41) is 1.26. The number of rotatable bonds is 10. The topological polar surface area (TPSA) is 50.8 Å². The molecule has 39 heavy (non-hydrogen) atoms. The van der Waals surface area contributed by atoms with Crippen LogP contribution >= 0.6 is 35.1 Å². The second-order valence-corrected chi connectivity index (χ2v) is 10.7. The molecular weight excluding hydrogens is 558 g/mol. The third-order valence-corrected chi connectivity index (χ3v) is 7.72. The zero-order valence-corrected chi connectivity index (χ0v) is 26.3. The number of hydrogen-bond acceptors (Lipinski definition) is 5. The largest absolute Gasteiger partial charge is 0.493 e. The first-order chi connectivity index (χ1) is 18.9. The van der Waals surface area contributed by atoms with Crippen LogP contribution in [-0.4, -0.2) is 50.5 Å². The first-order valence-corrected chi connectivity index (χ1v) is 15.9. The lowest BCUT2D eigenvalue weighted by molar-refractivity contribution is 0.0556. The SMILES string of the molecule is CC.CC.COCC(c1ccc(Cl)cc1Cl)N1CCC(COc2cc(F)c(C(=O)NSC)cc2C2CC2)CC1. The third kappa shape index (κ3) is 9.53. The monoisotopic (exact) mass is 600 g/mol. The van der Waals surface area contributed by atoms with Gasteiger partial charge in [-0.2, -0.15) is 0 Å². The predicted molar refractivity (Wildman–Crippen MR) is 163 cm³/mol. The van der Waals surface area contributed by atoms with Gasteiger partial charge in [0.1, 0.15) is 11.6 Å². The molecule has 1 saturated carbocycles. The van der Waals surface area contributed by atoms with Gasteiger partial charge in [0.2, 0.25) is 0 Å². The van der Waals surface area contributed by atoms with Crippen LogP contribution in [0.1, 0.15) is 86.8 Å². The van der Waals surface area contributed by atoms with Gasteiger partial charge in [-0.25, -0.2) is 4.39 Å². The van der Waals surface area contributed by atoms with Crippen LogP contribution in [0.4, 0.5) is 4.39 Å². The minimum Gasteiger partial charge on any atom is -0.493 e. The Bertz CT molecular complexity index is 1050. The van der Waals surface area contributed by atoms with Crippen molar-refractivity contribution in [1.82, 2.24) is 9.62 Å². The van der Waals surface area contributed by atoms with Crippen molar-refractivity contribution in [3.63, 3.8) is 0 Å². The average molecular weight is 602 g/mol. The number of carbonyl (C=O) groups excluding carboxylic acids is 1. The summed E-state index contributed by atoms with van der Waals surface area (Å²) in [5.74, 6) is 0.311. The highest BCUT2D eigenvalue weighted by molar-refractivity contribution is 7.97. The molecule has 5 nitrogen and oxygen atoms in total.